The molecule has 1 aromatic rings. The number of halogens is 2. The zero-order valence-corrected chi connectivity index (χ0v) is 9.46. The van der Waals surface area contributed by atoms with Crippen LogP contribution in [0.25, 0.3) is 0 Å². The Balaban J connectivity index is 1.81. The van der Waals surface area contributed by atoms with E-state index in [0.29, 0.717) is 11.5 Å². The standard InChI is InChI=1S/C13H14F2NO/c14-12-5-11(6-13(15)7-12)9-17-16-8-10-3-1-2-4-10/h5-7,10H,1-4,9H2. The second-order valence-electron chi connectivity index (χ2n) is 4.25. The highest BCUT2D eigenvalue weighted by atomic mass is 19.1. The van der Waals surface area contributed by atoms with Crippen LogP contribution in [-0.2, 0) is 11.4 Å². The van der Waals surface area contributed by atoms with Gasteiger partial charge in [-0.25, -0.2) is 8.78 Å². The molecule has 0 bridgehead atoms. The third kappa shape index (κ3) is 3.80. The summed E-state index contributed by atoms with van der Waals surface area (Å²) in [6.45, 7) is 0.0639. The van der Waals surface area contributed by atoms with Crippen molar-refractivity contribution in [3.8, 4) is 0 Å². The van der Waals surface area contributed by atoms with Crippen LogP contribution < -0.4 is 0 Å². The Hall–Kier alpha value is -1.45. The fourth-order valence-electron chi connectivity index (χ4n) is 1.97. The van der Waals surface area contributed by atoms with Gasteiger partial charge < -0.3 is 4.84 Å². The van der Waals surface area contributed by atoms with Crippen molar-refractivity contribution in [2.24, 2.45) is 11.1 Å². The van der Waals surface area contributed by atoms with E-state index in [0.717, 1.165) is 18.9 Å². The highest BCUT2D eigenvalue weighted by Gasteiger charge is 2.13. The monoisotopic (exact) mass is 238 g/mol. The van der Waals surface area contributed by atoms with Crippen LogP contribution in [0.15, 0.2) is 23.4 Å². The van der Waals surface area contributed by atoms with Gasteiger partial charge >= 0.3 is 0 Å². The lowest BCUT2D eigenvalue weighted by Gasteiger charge is -2.01. The van der Waals surface area contributed by atoms with Gasteiger partial charge in [0.05, 0.1) is 0 Å². The Labute approximate surface area is 99.3 Å². The van der Waals surface area contributed by atoms with E-state index in [1.807, 2.05) is 0 Å². The fourth-order valence-corrected chi connectivity index (χ4v) is 1.97. The van der Waals surface area contributed by atoms with Crippen molar-refractivity contribution in [3.63, 3.8) is 0 Å². The van der Waals surface area contributed by atoms with Crippen molar-refractivity contribution >= 4 is 6.21 Å². The highest BCUT2D eigenvalue weighted by Crippen LogP contribution is 2.22. The van der Waals surface area contributed by atoms with Crippen molar-refractivity contribution in [2.75, 3.05) is 0 Å². The zero-order chi connectivity index (χ0) is 12.1. The summed E-state index contributed by atoms with van der Waals surface area (Å²) >= 11 is 0. The number of hydrogen-bond acceptors (Lipinski definition) is 2. The molecule has 2 nitrogen and oxygen atoms in total. The molecule has 2 rings (SSSR count). The molecule has 0 aliphatic heterocycles. The van der Waals surface area contributed by atoms with E-state index in [1.54, 1.807) is 0 Å². The minimum atomic E-state index is -0.604. The van der Waals surface area contributed by atoms with Crippen LogP contribution in [-0.4, -0.2) is 6.21 Å². The average molecular weight is 238 g/mol. The van der Waals surface area contributed by atoms with Crippen LogP contribution in [0.1, 0.15) is 31.2 Å². The lowest BCUT2D eigenvalue weighted by atomic mass is 10.1. The molecule has 0 N–H and O–H groups in total. The number of nitrogens with zero attached hydrogens (tertiary/aromatic N) is 1. The lowest BCUT2D eigenvalue weighted by molar-refractivity contribution is 0.130. The molecule has 1 aliphatic carbocycles. The Morgan fingerprint density at radius 3 is 2.47 bits per heavy atom. The van der Waals surface area contributed by atoms with E-state index in [2.05, 4.69) is 11.4 Å². The molecule has 0 heterocycles. The first kappa shape index (κ1) is 12.0. The molecule has 0 aromatic heterocycles. The largest absolute Gasteiger partial charge is 0.391 e. The zero-order valence-electron chi connectivity index (χ0n) is 9.46. The van der Waals surface area contributed by atoms with E-state index in [4.69, 9.17) is 4.84 Å². The smallest absolute Gasteiger partial charge is 0.142 e. The quantitative estimate of drug-likeness (QED) is 0.580. The van der Waals surface area contributed by atoms with Gasteiger partial charge in [0.15, 0.2) is 0 Å². The van der Waals surface area contributed by atoms with E-state index in [1.165, 1.54) is 25.0 Å². The van der Waals surface area contributed by atoms with Gasteiger partial charge in [-0.15, -0.1) is 0 Å². The summed E-state index contributed by atoms with van der Waals surface area (Å²) in [7, 11) is 0. The van der Waals surface area contributed by atoms with E-state index in [-0.39, 0.29) is 6.61 Å². The van der Waals surface area contributed by atoms with E-state index >= 15 is 0 Å². The maximum atomic E-state index is 12.8. The van der Waals surface area contributed by atoms with Gasteiger partial charge in [0.25, 0.3) is 0 Å². The molecule has 0 amide bonds. The Morgan fingerprint density at radius 2 is 1.82 bits per heavy atom. The topological polar surface area (TPSA) is 21.6 Å². The molecular weight excluding hydrogens is 224 g/mol. The molecule has 1 aromatic carbocycles. The molecule has 0 saturated heterocycles. The lowest BCUT2D eigenvalue weighted by Crippen LogP contribution is -1.96. The summed E-state index contributed by atoms with van der Waals surface area (Å²) in [5.41, 5.74) is 0.430. The third-order valence-corrected chi connectivity index (χ3v) is 2.81. The van der Waals surface area contributed by atoms with Crippen LogP contribution in [0.3, 0.4) is 0 Å². The predicted molar refractivity (Wildman–Crippen MR) is 60.5 cm³/mol. The normalized spacial score (nSPS) is 16.8. The van der Waals surface area contributed by atoms with Gasteiger partial charge in [-0.3, -0.25) is 0 Å². The van der Waals surface area contributed by atoms with E-state index < -0.39 is 11.6 Å². The molecular formula is C13H14F2NO. The molecule has 17 heavy (non-hydrogen) atoms. The second kappa shape index (κ2) is 5.75. The molecule has 0 spiro atoms. The van der Waals surface area contributed by atoms with Crippen LogP contribution in [0.5, 0.6) is 0 Å². The van der Waals surface area contributed by atoms with Gasteiger partial charge in [-0.2, -0.15) is 0 Å². The first-order valence-corrected chi connectivity index (χ1v) is 5.76. The number of hydrogen-bond donors (Lipinski definition) is 0. The summed E-state index contributed by atoms with van der Waals surface area (Å²) in [6, 6.07) is 3.29. The number of rotatable bonds is 4. The molecule has 1 fully saturated rings. The minimum absolute atomic E-state index is 0.0639. The minimum Gasteiger partial charge on any atom is -0.391 e. The van der Waals surface area contributed by atoms with Crippen LogP contribution in [0.4, 0.5) is 8.78 Å². The first-order chi connectivity index (χ1) is 8.24. The van der Waals surface area contributed by atoms with E-state index in [9.17, 15) is 8.78 Å². The summed E-state index contributed by atoms with van der Waals surface area (Å²) in [5.74, 6) is -0.834. The van der Waals surface area contributed by atoms with Gasteiger partial charge in [-0.05, 0) is 30.5 Å². The van der Waals surface area contributed by atoms with Crippen molar-refractivity contribution < 1.29 is 13.6 Å². The Kier molecular flexibility index (Phi) is 4.07. The van der Waals surface area contributed by atoms with Crippen molar-refractivity contribution in [3.05, 3.63) is 35.4 Å². The van der Waals surface area contributed by atoms with Gasteiger partial charge in [0.2, 0.25) is 0 Å². The molecule has 1 aliphatic rings. The SMILES string of the molecule is Fc1cc(F)cc(CO/N=[C]\C2CCCC2)c1. The average Bonchev–Trinajstić information content (AvgIpc) is 2.76. The molecule has 1 radical (unpaired) electrons. The summed E-state index contributed by atoms with van der Waals surface area (Å²) in [5, 5.41) is 3.71. The van der Waals surface area contributed by atoms with Crippen molar-refractivity contribution in [2.45, 2.75) is 32.3 Å². The maximum Gasteiger partial charge on any atom is 0.142 e. The molecule has 4 heteroatoms. The van der Waals surface area contributed by atoms with Gasteiger partial charge in [0.1, 0.15) is 24.5 Å². The van der Waals surface area contributed by atoms with Crippen molar-refractivity contribution in [1.82, 2.24) is 0 Å². The summed E-state index contributed by atoms with van der Waals surface area (Å²) in [6.07, 6.45) is 7.51. The van der Waals surface area contributed by atoms with Gasteiger partial charge in [-0.1, -0.05) is 18.0 Å². The third-order valence-electron chi connectivity index (χ3n) is 2.81. The Bertz CT molecular complexity index is 380. The molecule has 91 valence electrons. The highest BCUT2D eigenvalue weighted by molar-refractivity contribution is 5.60. The Morgan fingerprint density at radius 1 is 1.18 bits per heavy atom. The summed E-state index contributed by atoms with van der Waals surface area (Å²) < 4.78 is 25.7. The van der Waals surface area contributed by atoms with Crippen LogP contribution >= 0.6 is 0 Å². The molecule has 0 atom stereocenters. The fraction of sp³-hybridized carbons (Fsp3) is 0.462. The number of benzene rings is 1. The molecule has 0 unspecified atom stereocenters. The second-order valence-corrected chi connectivity index (χ2v) is 4.25. The predicted octanol–water partition coefficient (Wildman–Crippen LogP) is 3.53. The van der Waals surface area contributed by atoms with Crippen LogP contribution in [0, 0.1) is 17.6 Å². The van der Waals surface area contributed by atoms with Crippen LogP contribution in [0.2, 0.25) is 0 Å². The first-order valence-electron chi connectivity index (χ1n) is 5.76. The summed E-state index contributed by atoms with van der Waals surface area (Å²) in [4.78, 5) is 4.97. The van der Waals surface area contributed by atoms with Crippen molar-refractivity contribution in [1.29, 1.82) is 0 Å². The maximum absolute atomic E-state index is 12.8. The molecule has 1 saturated carbocycles. The van der Waals surface area contributed by atoms with Gasteiger partial charge in [0, 0.05) is 12.0 Å².